The second-order valence-corrected chi connectivity index (χ2v) is 0.962. The van der Waals surface area contributed by atoms with Gasteiger partial charge >= 0.3 is 21.1 Å². The SMILES string of the molecule is [WH3].c1cc[cH-]c1. The predicted molar refractivity (Wildman–Crippen MR) is 26.2 cm³/mol. The fourth-order valence-electron chi connectivity index (χ4n) is 0.321. The third-order valence-corrected chi connectivity index (χ3v) is 0.556. The number of hydrogen-bond donors (Lipinski definition) is 0. The predicted octanol–water partition coefficient (Wildman–Crippen LogP) is 0.600. The van der Waals surface area contributed by atoms with Crippen molar-refractivity contribution >= 4 is 0 Å². The molecule has 0 radical (unpaired) electrons. The average molecular weight is 252 g/mol. The van der Waals surface area contributed by atoms with Crippen LogP contribution in [0.1, 0.15) is 0 Å². The van der Waals surface area contributed by atoms with Crippen molar-refractivity contribution in [3.8, 4) is 0 Å². The van der Waals surface area contributed by atoms with Crippen LogP contribution in [-0.2, 0) is 21.1 Å². The normalized spacial score (nSPS) is 6.67. The van der Waals surface area contributed by atoms with Gasteiger partial charge in [0.25, 0.3) is 0 Å². The van der Waals surface area contributed by atoms with Crippen molar-refractivity contribution in [1.29, 1.82) is 0 Å². The summed E-state index contributed by atoms with van der Waals surface area (Å²) in [7, 11) is 0. The van der Waals surface area contributed by atoms with Crippen LogP contribution in [0.4, 0.5) is 0 Å². The van der Waals surface area contributed by atoms with Gasteiger partial charge in [-0.25, -0.2) is 12.1 Å². The van der Waals surface area contributed by atoms with Crippen LogP contribution in [0.5, 0.6) is 0 Å². The topological polar surface area (TPSA) is 0 Å². The molecule has 35 valence electrons. The van der Waals surface area contributed by atoms with E-state index in [0.717, 1.165) is 0 Å². The van der Waals surface area contributed by atoms with Crippen LogP contribution >= 0.6 is 0 Å². The largest absolute Gasteiger partial charge is 0.214 e. The van der Waals surface area contributed by atoms with Gasteiger partial charge in [0.2, 0.25) is 0 Å². The summed E-state index contributed by atoms with van der Waals surface area (Å²) in [6.45, 7) is 0. The van der Waals surface area contributed by atoms with Crippen LogP contribution in [0, 0.1) is 0 Å². The second-order valence-electron chi connectivity index (χ2n) is 0.962. The molecule has 0 aliphatic heterocycles. The first-order chi connectivity index (χ1) is 2.50. The van der Waals surface area contributed by atoms with Crippen molar-refractivity contribution in [2.45, 2.75) is 0 Å². The Labute approximate surface area is 51.8 Å². The van der Waals surface area contributed by atoms with Crippen LogP contribution in [0.2, 0.25) is 0 Å². The van der Waals surface area contributed by atoms with Gasteiger partial charge in [0.15, 0.2) is 0 Å². The molecular formula is C5H8W-. The van der Waals surface area contributed by atoms with Crippen LogP contribution in [0.3, 0.4) is 0 Å². The van der Waals surface area contributed by atoms with Crippen molar-refractivity contribution < 1.29 is 21.1 Å². The van der Waals surface area contributed by atoms with Crippen LogP contribution < -0.4 is 0 Å². The van der Waals surface area contributed by atoms with Gasteiger partial charge in [-0.3, -0.25) is 0 Å². The van der Waals surface area contributed by atoms with Gasteiger partial charge in [-0.2, -0.15) is 18.2 Å². The van der Waals surface area contributed by atoms with Crippen molar-refractivity contribution in [3.63, 3.8) is 0 Å². The molecule has 1 heteroatoms. The van der Waals surface area contributed by atoms with E-state index in [2.05, 4.69) is 0 Å². The number of rotatable bonds is 0. The van der Waals surface area contributed by atoms with Crippen molar-refractivity contribution in [1.82, 2.24) is 0 Å². The maximum Gasteiger partial charge on any atom is -0.172 e. The Morgan fingerprint density at radius 3 is 1.67 bits per heavy atom. The Hall–Kier alpha value is 0.0383. The van der Waals surface area contributed by atoms with Crippen LogP contribution in [0.15, 0.2) is 30.3 Å². The molecule has 0 spiro atoms. The molecule has 0 bridgehead atoms. The summed E-state index contributed by atoms with van der Waals surface area (Å²) in [5, 5.41) is 0. The Morgan fingerprint density at radius 1 is 1.00 bits per heavy atom. The summed E-state index contributed by atoms with van der Waals surface area (Å²) >= 11 is 0. The molecular weight excluding hydrogens is 244 g/mol. The van der Waals surface area contributed by atoms with Crippen LogP contribution in [0.25, 0.3) is 0 Å². The molecule has 1 aromatic rings. The summed E-state index contributed by atoms with van der Waals surface area (Å²) in [6.07, 6.45) is 0. The molecule has 0 saturated heterocycles. The van der Waals surface area contributed by atoms with Gasteiger partial charge in [0.1, 0.15) is 0 Å². The Bertz CT molecular complexity index is 60.4. The maximum atomic E-state index is 2.00. The quantitative estimate of drug-likeness (QED) is 0.593. The zero-order valence-corrected chi connectivity index (χ0v) is 7.61. The van der Waals surface area contributed by atoms with E-state index < -0.39 is 0 Å². The van der Waals surface area contributed by atoms with Gasteiger partial charge in [-0.1, -0.05) is 0 Å². The summed E-state index contributed by atoms with van der Waals surface area (Å²) in [4.78, 5) is 0. The third-order valence-electron chi connectivity index (χ3n) is 0.556. The van der Waals surface area contributed by atoms with Gasteiger partial charge in [-0.05, 0) is 0 Å². The van der Waals surface area contributed by atoms with E-state index in [-0.39, 0.29) is 21.1 Å². The monoisotopic (exact) mass is 252 g/mol. The molecule has 0 aliphatic rings. The summed E-state index contributed by atoms with van der Waals surface area (Å²) in [6, 6.07) is 10.0. The minimum atomic E-state index is 0. The molecule has 0 N–H and O–H groups in total. The van der Waals surface area contributed by atoms with E-state index in [1.807, 2.05) is 30.3 Å². The summed E-state index contributed by atoms with van der Waals surface area (Å²) in [5.41, 5.74) is 0. The second kappa shape index (κ2) is 3.24. The van der Waals surface area contributed by atoms with Gasteiger partial charge in [0, 0.05) is 0 Å². The molecule has 1 aromatic carbocycles. The van der Waals surface area contributed by atoms with E-state index in [1.54, 1.807) is 0 Å². The smallest absolute Gasteiger partial charge is 0.172 e. The Kier molecular flexibility index (Phi) is 3.26. The summed E-state index contributed by atoms with van der Waals surface area (Å²) < 4.78 is 0. The van der Waals surface area contributed by atoms with Gasteiger partial charge in [-0.15, -0.1) is 0 Å². The van der Waals surface area contributed by atoms with E-state index in [9.17, 15) is 0 Å². The molecule has 0 amide bonds. The number of hydrogen-bond acceptors (Lipinski definition) is 0. The van der Waals surface area contributed by atoms with Gasteiger partial charge < -0.3 is 0 Å². The fraction of sp³-hybridized carbons (Fsp3) is 0. The van der Waals surface area contributed by atoms with Crippen molar-refractivity contribution in [2.75, 3.05) is 0 Å². The van der Waals surface area contributed by atoms with E-state index >= 15 is 0 Å². The fourth-order valence-corrected chi connectivity index (χ4v) is 0.321. The van der Waals surface area contributed by atoms with Crippen molar-refractivity contribution in [3.05, 3.63) is 30.3 Å². The molecule has 0 unspecified atom stereocenters. The van der Waals surface area contributed by atoms with E-state index in [4.69, 9.17) is 0 Å². The third kappa shape index (κ3) is 1.47. The Balaban J connectivity index is 0.000000250. The first-order valence-electron chi connectivity index (χ1n) is 1.67. The zero-order chi connectivity index (χ0) is 3.54. The first kappa shape index (κ1) is 6.04. The molecule has 0 aliphatic carbocycles. The standard InChI is InChI=1S/C5H5.W.3H/c1-2-4-5-3-1;;;;/h1-5H;;;;/q-1;;;;. The molecule has 0 aromatic heterocycles. The average Bonchev–Trinajstić information content (AvgIpc) is 1.76. The molecule has 0 nitrogen and oxygen atoms in total. The zero-order valence-electron chi connectivity index (χ0n) is 3.46. The van der Waals surface area contributed by atoms with Gasteiger partial charge in [0.05, 0.1) is 0 Å². The van der Waals surface area contributed by atoms with E-state index in [1.165, 1.54) is 0 Å². The minimum absolute atomic E-state index is 0. The van der Waals surface area contributed by atoms with Crippen molar-refractivity contribution in [2.24, 2.45) is 0 Å². The first-order valence-corrected chi connectivity index (χ1v) is 1.67. The van der Waals surface area contributed by atoms with E-state index in [0.29, 0.717) is 0 Å². The summed E-state index contributed by atoms with van der Waals surface area (Å²) in [5.74, 6) is 0. The molecule has 1 rings (SSSR count). The minimum Gasteiger partial charge on any atom is -0.214 e. The Morgan fingerprint density at radius 2 is 1.50 bits per heavy atom. The molecule has 0 saturated carbocycles. The molecule has 0 atom stereocenters. The van der Waals surface area contributed by atoms with Crippen LogP contribution in [-0.4, -0.2) is 0 Å². The maximum absolute atomic E-state index is 2.00. The molecule has 0 fully saturated rings. The molecule has 6 heavy (non-hydrogen) atoms. The molecule has 0 heterocycles.